The largest absolute Gasteiger partial charge is 0.337 e. The van der Waals surface area contributed by atoms with Gasteiger partial charge < -0.3 is 5.32 Å². The molecule has 1 aliphatic heterocycles. The lowest BCUT2D eigenvalue weighted by Crippen LogP contribution is -2.52. The number of amides is 2. The molecule has 0 bridgehead atoms. The van der Waals surface area contributed by atoms with Crippen molar-refractivity contribution in [3.63, 3.8) is 0 Å². The predicted octanol–water partition coefficient (Wildman–Crippen LogP) is 1.48. The summed E-state index contributed by atoms with van der Waals surface area (Å²) in [6, 6.07) is 0.400. The Morgan fingerprint density at radius 3 is 2.93 bits per heavy atom. The lowest BCUT2D eigenvalue weighted by Gasteiger charge is -2.33. The average Bonchev–Trinajstić information content (AvgIpc) is 2.18. The van der Waals surface area contributed by atoms with Crippen LogP contribution in [0, 0.1) is 0 Å². The van der Waals surface area contributed by atoms with Crippen molar-refractivity contribution in [2.45, 2.75) is 45.6 Å². The van der Waals surface area contributed by atoms with Crippen LogP contribution in [-0.2, 0) is 0 Å². The molecule has 0 saturated carbocycles. The van der Waals surface area contributed by atoms with Crippen LogP contribution in [0.4, 0.5) is 4.79 Å². The van der Waals surface area contributed by atoms with Crippen LogP contribution in [-0.4, -0.2) is 30.2 Å². The lowest BCUT2D eigenvalue weighted by atomic mass is 10.1. The van der Waals surface area contributed by atoms with Gasteiger partial charge in [-0.1, -0.05) is 13.3 Å². The normalized spacial score (nSPS) is 23.1. The number of hydrogen-bond acceptors (Lipinski definition) is 2. The van der Waals surface area contributed by atoms with Crippen LogP contribution in [0.15, 0.2) is 0 Å². The molecular weight excluding hydrogens is 178 g/mol. The molecule has 1 fully saturated rings. The second kappa shape index (κ2) is 5.86. The van der Waals surface area contributed by atoms with Crippen molar-refractivity contribution in [3.8, 4) is 0 Å². The highest BCUT2D eigenvalue weighted by molar-refractivity contribution is 5.73. The van der Waals surface area contributed by atoms with Crippen molar-refractivity contribution in [2.75, 3.05) is 13.1 Å². The van der Waals surface area contributed by atoms with Gasteiger partial charge in [0.15, 0.2) is 0 Å². The molecule has 2 amide bonds. The Morgan fingerprint density at radius 1 is 1.50 bits per heavy atom. The van der Waals surface area contributed by atoms with E-state index in [9.17, 15) is 4.79 Å². The van der Waals surface area contributed by atoms with Gasteiger partial charge in [-0.15, -0.1) is 0 Å². The zero-order chi connectivity index (χ0) is 10.4. The topological polar surface area (TPSA) is 44.4 Å². The minimum atomic E-state index is -0.0689. The molecule has 0 aromatic rings. The van der Waals surface area contributed by atoms with E-state index in [1.165, 1.54) is 19.3 Å². The third kappa shape index (κ3) is 3.54. The number of carbonyl (C=O) groups excluding carboxylic acids is 1. The molecule has 1 saturated heterocycles. The Bertz CT molecular complexity index is 184. The summed E-state index contributed by atoms with van der Waals surface area (Å²) in [5, 5.41) is 4.84. The van der Waals surface area contributed by atoms with E-state index in [4.69, 9.17) is 0 Å². The molecule has 0 aromatic carbocycles. The first kappa shape index (κ1) is 11.3. The van der Waals surface area contributed by atoms with Crippen LogP contribution in [0.5, 0.6) is 0 Å². The summed E-state index contributed by atoms with van der Waals surface area (Å²) in [6.45, 7) is 5.91. The third-order valence-corrected chi connectivity index (χ3v) is 2.58. The second-order valence-corrected chi connectivity index (χ2v) is 3.91. The molecule has 0 radical (unpaired) electrons. The number of hydrogen-bond donors (Lipinski definition) is 2. The number of piperidine rings is 1. The van der Waals surface area contributed by atoms with Gasteiger partial charge in [-0.05, 0) is 26.2 Å². The van der Waals surface area contributed by atoms with Crippen molar-refractivity contribution in [1.82, 2.24) is 15.8 Å². The minimum absolute atomic E-state index is 0.0689. The smallest absolute Gasteiger partial charge is 0.329 e. The molecule has 0 aliphatic carbocycles. The van der Waals surface area contributed by atoms with Crippen molar-refractivity contribution in [1.29, 1.82) is 0 Å². The fourth-order valence-corrected chi connectivity index (χ4v) is 1.67. The van der Waals surface area contributed by atoms with Crippen LogP contribution in [0.3, 0.4) is 0 Å². The molecule has 0 spiro atoms. The fourth-order valence-electron chi connectivity index (χ4n) is 1.67. The first-order chi connectivity index (χ1) is 6.74. The second-order valence-electron chi connectivity index (χ2n) is 3.91. The van der Waals surface area contributed by atoms with Crippen LogP contribution >= 0.6 is 0 Å². The average molecular weight is 199 g/mol. The maximum Gasteiger partial charge on any atom is 0.329 e. The molecule has 1 rings (SSSR count). The molecular formula is C10H21N3O. The van der Waals surface area contributed by atoms with Gasteiger partial charge in [-0.2, -0.15) is 0 Å². The lowest BCUT2D eigenvalue weighted by molar-refractivity contribution is 0.107. The van der Waals surface area contributed by atoms with Crippen molar-refractivity contribution in [3.05, 3.63) is 0 Å². The van der Waals surface area contributed by atoms with Crippen LogP contribution < -0.4 is 10.7 Å². The van der Waals surface area contributed by atoms with Gasteiger partial charge in [0.25, 0.3) is 0 Å². The number of carbonyl (C=O) groups is 1. The number of nitrogens with zero attached hydrogens (tertiary/aromatic N) is 1. The highest BCUT2D eigenvalue weighted by Crippen LogP contribution is 2.13. The zero-order valence-electron chi connectivity index (χ0n) is 9.18. The maximum atomic E-state index is 11.4. The first-order valence-corrected chi connectivity index (χ1v) is 5.55. The molecule has 4 nitrogen and oxygen atoms in total. The van der Waals surface area contributed by atoms with Crippen molar-refractivity contribution in [2.24, 2.45) is 0 Å². The number of urea groups is 1. The Labute approximate surface area is 86.0 Å². The van der Waals surface area contributed by atoms with Crippen molar-refractivity contribution < 1.29 is 4.79 Å². The Hall–Kier alpha value is -0.770. The summed E-state index contributed by atoms with van der Waals surface area (Å²) in [7, 11) is 0. The van der Waals surface area contributed by atoms with E-state index in [1.54, 1.807) is 0 Å². The monoisotopic (exact) mass is 199 g/mol. The first-order valence-electron chi connectivity index (χ1n) is 5.55. The SMILES string of the molecule is CCCNC(=O)NN1CCCCC1C. The van der Waals surface area contributed by atoms with Gasteiger partial charge in [0.2, 0.25) is 0 Å². The van der Waals surface area contributed by atoms with Crippen LogP contribution in [0.1, 0.15) is 39.5 Å². The molecule has 82 valence electrons. The standard InChI is InChI=1S/C10H21N3O/c1-3-7-11-10(14)12-13-8-5-4-6-9(13)2/h9H,3-8H2,1-2H3,(H2,11,12,14). The van der Waals surface area contributed by atoms with Crippen LogP contribution in [0.25, 0.3) is 0 Å². The fraction of sp³-hybridized carbons (Fsp3) is 0.900. The summed E-state index contributed by atoms with van der Waals surface area (Å²) < 4.78 is 0. The van der Waals surface area contributed by atoms with Gasteiger partial charge in [-0.25, -0.2) is 9.80 Å². The molecule has 4 heteroatoms. The van der Waals surface area contributed by atoms with Gasteiger partial charge in [0.05, 0.1) is 0 Å². The molecule has 2 N–H and O–H groups in total. The van der Waals surface area contributed by atoms with E-state index in [0.717, 1.165) is 19.5 Å². The third-order valence-electron chi connectivity index (χ3n) is 2.58. The molecule has 1 aliphatic rings. The molecule has 0 aromatic heterocycles. The van der Waals surface area contributed by atoms with Crippen LogP contribution in [0.2, 0.25) is 0 Å². The summed E-state index contributed by atoms with van der Waals surface area (Å²) in [4.78, 5) is 11.4. The van der Waals surface area contributed by atoms with Gasteiger partial charge in [0, 0.05) is 19.1 Å². The predicted molar refractivity (Wildman–Crippen MR) is 56.8 cm³/mol. The van der Waals surface area contributed by atoms with E-state index in [-0.39, 0.29) is 6.03 Å². The molecule has 1 heterocycles. The highest BCUT2D eigenvalue weighted by atomic mass is 16.2. The minimum Gasteiger partial charge on any atom is -0.337 e. The Balaban J connectivity index is 2.23. The highest BCUT2D eigenvalue weighted by Gasteiger charge is 2.19. The van der Waals surface area contributed by atoms with Gasteiger partial charge in [-0.3, -0.25) is 5.43 Å². The summed E-state index contributed by atoms with van der Waals surface area (Å²) in [6.07, 6.45) is 4.60. The quantitative estimate of drug-likeness (QED) is 0.723. The Morgan fingerprint density at radius 2 is 2.29 bits per heavy atom. The maximum absolute atomic E-state index is 11.4. The van der Waals surface area contributed by atoms with E-state index in [1.807, 2.05) is 11.9 Å². The zero-order valence-corrected chi connectivity index (χ0v) is 9.18. The number of nitrogens with one attached hydrogen (secondary N) is 2. The van der Waals surface area contributed by atoms with E-state index in [2.05, 4.69) is 17.7 Å². The van der Waals surface area contributed by atoms with Gasteiger partial charge >= 0.3 is 6.03 Å². The van der Waals surface area contributed by atoms with Crippen molar-refractivity contribution >= 4 is 6.03 Å². The number of hydrazine groups is 1. The molecule has 1 unspecified atom stereocenters. The number of rotatable bonds is 3. The van der Waals surface area contributed by atoms with E-state index >= 15 is 0 Å². The summed E-state index contributed by atoms with van der Waals surface area (Å²) >= 11 is 0. The van der Waals surface area contributed by atoms with E-state index < -0.39 is 0 Å². The summed E-state index contributed by atoms with van der Waals surface area (Å²) in [5.74, 6) is 0. The molecule has 14 heavy (non-hydrogen) atoms. The Kier molecular flexibility index (Phi) is 4.73. The summed E-state index contributed by atoms with van der Waals surface area (Å²) in [5.41, 5.74) is 2.89. The molecule has 1 atom stereocenters. The van der Waals surface area contributed by atoms with Gasteiger partial charge in [0.1, 0.15) is 0 Å². The van der Waals surface area contributed by atoms with E-state index in [0.29, 0.717) is 6.04 Å².